The van der Waals surface area contributed by atoms with Crippen LogP contribution in [0.2, 0.25) is 0 Å². The zero-order chi connectivity index (χ0) is 18.0. The summed E-state index contributed by atoms with van der Waals surface area (Å²) >= 11 is 0. The molecule has 0 aliphatic heterocycles. The van der Waals surface area contributed by atoms with E-state index in [1.54, 1.807) is 13.0 Å². The Bertz CT molecular complexity index is 918. The number of nitriles is 1. The lowest BCUT2D eigenvalue weighted by Gasteiger charge is -2.18. The molecule has 0 fully saturated rings. The van der Waals surface area contributed by atoms with E-state index < -0.39 is 5.56 Å². The number of aryl methyl sites for hydroxylation is 3. The summed E-state index contributed by atoms with van der Waals surface area (Å²) in [6, 6.07) is 5.79. The smallest absolute Gasteiger partial charge is 0.302 e. The number of hydrogen-bond donors (Lipinski definition) is 1. The Hall–Kier alpha value is -2.87. The molecule has 2 rings (SSSR count). The van der Waals surface area contributed by atoms with Crippen LogP contribution in [0, 0.1) is 39.0 Å². The Morgan fingerprint density at radius 1 is 1.21 bits per heavy atom. The predicted octanol–water partition coefficient (Wildman–Crippen LogP) is 3.21. The van der Waals surface area contributed by atoms with Gasteiger partial charge in [0.2, 0.25) is 0 Å². The second-order valence-corrected chi connectivity index (χ2v) is 5.95. The molecular weight excluding hydrogens is 304 g/mol. The SMILES string of the molecule is CC(=O)OCc1c(C)cc(C)c(-c2cc(C)[nH]c(=O)c2C#N)c1C. The van der Waals surface area contributed by atoms with Crippen molar-refractivity contribution in [1.29, 1.82) is 5.26 Å². The summed E-state index contributed by atoms with van der Waals surface area (Å²) in [5.41, 5.74) is 5.62. The average Bonchev–Trinajstić information content (AvgIpc) is 2.45. The maximum Gasteiger partial charge on any atom is 0.302 e. The summed E-state index contributed by atoms with van der Waals surface area (Å²) in [5.74, 6) is -0.347. The van der Waals surface area contributed by atoms with Crippen LogP contribution < -0.4 is 5.56 Å². The van der Waals surface area contributed by atoms with Crippen molar-refractivity contribution in [2.75, 3.05) is 0 Å². The molecule has 1 aromatic heterocycles. The number of carbonyl (C=O) groups excluding carboxylic acids is 1. The van der Waals surface area contributed by atoms with Gasteiger partial charge in [-0.15, -0.1) is 0 Å². The van der Waals surface area contributed by atoms with E-state index in [-0.39, 0.29) is 18.1 Å². The molecule has 0 bridgehead atoms. The Balaban J connectivity index is 2.77. The first kappa shape index (κ1) is 17.5. The number of esters is 1. The molecule has 0 saturated carbocycles. The maximum atomic E-state index is 12.1. The highest BCUT2D eigenvalue weighted by Crippen LogP contribution is 2.33. The van der Waals surface area contributed by atoms with Gasteiger partial charge < -0.3 is 9.72 Å². The fourth-order valence-electron chi connectivity index (χ4n) is 3.03. The molecule has 1 aromatic carbocycles. The van der Waals surface area contributed by atoms with Gasteiger partial charge in [-0.3, -0.25) is 9.59 Å². The molecule has 0 radical (unpaired) electrons. The summed E-state index contributed by atoms with van der Waals surface area (Å²) in [6.45, 7) is 9.15. The fourth-order valence-corrected chi connectivity index (χ4v) is 3.03. The average molecular weight is 324 g/mol. The third-order valence-electron chi connectivity index (χ3n) is 4.10. The summed E-state index contributed by atoms with van der Waals surface area (Å²) in [5, 5.41) is 9.39. The van der Waals surface area contributed by atoms with Crippen molar-refractivity contribution >= 4 is 5.97 Å². The van der Waals surface area contributed by atoms with Gasteiger partial charge >= 0.3 is 5.97 Å². The van der Waals surface area contributed by atoms with Crippen molar-refractivity contribution in [2.45, 2.75) is 41.2 Å². The van der Waals surface area contributed by atoms with Gasteiger partial charge in [0.25, 0.3) is 5.56 Å². The number of aromatic nitrogens is 1. The number of nitrogens with one attached hydrogen (secondary N) is 1. The van der Waals surface area contributed by atoms with E-state index in [2.05, 4.69) is 4.98 Å². The molecule has 0 unspecified atom stereocenters. The normalized spacial score (nSPS) is 10.3. The van der Waals surface area contributed by atoms with Crippen LogP contribution >= 0.6 is 0 Å². The quantitative estimate of drug-likeness (QED) is 0.879. The van der Waals surface area contributed by atoms with Crippen molar-refractivity contribution in [1.82, 2.24) is 4.98 Å². The summed E-state index contributed by atoms with van der Waals surface area (Å²) in [7, 11) is 0. The lowest BCUT2D eigenvalue weighted by Crippen LogP contribution is -2.14. The van der Waals surface area contributed by atoms with Gasteiger partial charge in [-0.05, 0) is 61.6 Å². The molecule has 2 aromatic rings. The van der Waals surface area contributed by atoms with Crippen molar-refractivity contribution in [3.05, 3.63) is 56.0 Å². The largest absolute Gasteiger partial charge is 0.461 e. The summed E-state index contributed by atoms with van der Waals surface area (Å²) < 4.78 is 5.15. The standard InChI is InChI=1S/C19H20N2O3/c1-10-6-11(2)18(13(4)17(10)9-24-14(5)22)15-7-12(3)21-19(23)16(15)8-20/h6-7H,9H2,1-5H3,(H,21,23). The molecule has 5 heteroatoms. The van der Waals surface area contributed by atoms with Crippen molar-refractivity contribution < 1.29 is 9.53 Å². The topological polar surface area (TPSA) is 83.0 Å². The molecular formula is C19H20N2O3. The molecule has 0 aliphatic carbocycles. The molecule has 0 amide bonds. The van der Waals surface area contributed by atoms with E-state index in [1.165, 1.54) is 6.92 Å². The zero-order valence-electron chi connectivity index (χ0n) is 14.5. The monoisotopic (exact) mass is 324 g/mol. The molecule has 5 nitrogen and oxygen atoms in total. The minimum Gasteiger partial charge on any atom is -0.461 e. The molecule has 24 heavy (non-hydrogen) atoms. The van der Waals surface area contributed by atoms with Gasteiger partial charge in [-0.1, -0.05) is 6.07 Å². The van der Waals surface area contributed by atoms with Gasteiger partial charge in [0.05, 0.1) is 0 Å². The van der Waals surface area contributed by atoms with Crippen LogP contribution in [0.25, 0.3) is 11.1 Å². The Morgan fingerprint density at radius 2 is 1.88 bits per heavy atom. The molecule has 1 heterocycles. The first-order valence-corrected chi connectivity index (χ1v) is 7.63. The van der Waals surface area contributed by atoms with Crippen molar-refractivity contribution in [3.8, 4) is 17.2 Å². The van der Waals surface area contributed by atoms with Crippen LogP contribution in [0.3, 0.4) is 0 Å². The van der Waals surface area contributed by atoms with Crippen LogP contribution in [0.4, 0.5) is 0 Å². The van der Waals surface area contributed by atoms with Crippen LogP contribution in [0.1, 0.15) is 40.4 Å². The summed E-state index contributed by atoms with van der Waals surface area (Å²) in [4.78, 5) is 25.9. The number of nitrogens with zero attached hydrogens (tertiary/aromatic N) is 1. The number of carbonyl (C=O) groups is 1. The summed E-state index contributed by atoms with van der Waals surface area (Å²) in [6.07, 6.45) is 0. The highest BCUT2D eigenvalue weighted by Gasteiger charge is 2.18. The lowest BCUT2D eigenvalue weighted by molar-refractivity contribution is -0.142. The second-order valence-electron chi connectivity index (χ2n) is 5.95. The van der Waals surface area contributed by atoms with Gasteiger partial charge in [-0.2, -0.15) is 5.26 Å². The van der Waals surface area contributed by atoms with E-state index >= 15 is 0 Å². The third-order valence-corrected chi connectivity index (χ3v) is 4.10. The van der Waals surface area contributed by atoms with Crippen molar-refractivity contribution in [3.63, 3.8) is 0 Å². The Labute approximate surface area is 140 Å². The maximum absolute atomic E-state index is 12.1. The van der Waals surface area contributed by atoms with E-state index in [1.807, 2.05) is 32.9 Å². The molecule has 0 aliphatic rings. The molecule has 124 valence electrons. The Kier molecular flexibility index (Phi) is 4.89. The predicted molar refractivity (Wildman–Crippen MR) is 91.6 cm³/mol. The van der Waals surface area contributed by atoms with Gasteiger partial charge in [0.15, 0.2) is 0 Å². The van der Waals surface area contributed by atoms with Crippen LogP contribution in [-0.4, -0.2) is 11.0 Å². The van der Waals surface area contributed by atoms with E-state index in [9.17, 15) is 14.9 Å². The highest BCUT2D eigenvalue weighted by molar-refractivity contribution is 5.77. The number of aromatic amines is 1. The van der Waals surface area contributed by atoms with Gasteiger partial charge in [-0.25, -0.2) is 0 Å². The van der Waals surface area contributed by atoms with E-state index in [4.69, 9.17) is 4.74 Å². The fraction of sp³-hybridized carbons (Fsp3) is 0.316. The zero-order valence-corrected chi connectivity index (χ0v) is 14.5. The van der Waals surface area contributed by atoms with Gasteiger partial charge in [0, 0.05) is 18.2 Å². The second kappa shape index (κ2) is 6.71. The van der Waals surface area contributed by atoms with Crippen LogP contribution in [-0.2, 0) is 16.1 Å². The third kappa shape index (κ3) is 3.23. The highest BCUT2D eigenvalue weighted by atomic mass is 16.5. The van der Waals surface area contributed by atoms with Crippen LogP contribution in [0.15, 0.2) is 16.9 Å². The van der Waals surface area contributed by atoms with Gasteiger partial charge in [0.1, 0.15) is 18.2 Å². The molecule has 1 N–H and O–H groups in total. The number of benzene rings is 1. The van der Waals surface area contributed by atoms with E-state index in [0.717, 1.165) is 27.8 Å². The number of hydrogen-bond acceptors (Lipinski definition) is 4. The van der Waals surface area contributed by atoms with Crippen LogP contribution in [0.5, 0.6) is 0 Å². The number of H-pyrrole nitrogens is 1. The van der Waals surface area contributed by atoms with Crippen molar-refractivity contribution in [2.24, 2.45) is 0 Å². The first-order chi connectivity index (χ1) is 11.3. The molecule has 0 atom stereocenters. The molecule has 0 spiro atoms. The van der Waals surface area contributed by atoms with E-state index in [0.29, 0.717) is 11.3 Å². The minimum atomic E-state index is -0.395. The Morgan fingerprint density at radius 3 is 2.46 bits per heavy atom. The number of rotatable bonds is 3. The first-order valence-electron chi connectivity index (χ1n) is 7.63. The number of ether oxygens (including phenoxy) is 1. The lowest BCUT2D eigenvalue weighted by atomic mass is 9.88. The minimum absolute atomic E-state index is 0.0917. The molecule has 0 saturated heterocycles. The number of pyridine rings is 1.